The van der Waals surface area contributed by atoms with Crippen molar-refractivity contribution in [2.24, 2.45) is 0 Å². The normalized spacial score (nSPS) is 10.1. The summed E-state index contributed by atoms with van der Waals surface area (Å²) in [6, 6.07) is 11.2. The number of aromatic carboxylic acids is 1. The molecule has 2 N–H and O–H groups in total. The summed E-state index contributed by atoms with van der Waals surface area (Å²) in [6.07, 6.45) is 0. The number of carboxylic acids is 1. The third-order valence-electron chi connectivity index (χ3n) is 2.82. The van der Waals surface area contributed by atoms with Gasteiger partial charge in [-0.3, -0.25) is 0 Å². The minimum Gasteiger partial charge on any atom is -0.508 e. The van der Waals surface area contributed by atoms with E-state index in [1.54, 1.807) is 30.3 Å². The lowest BCUT2D eigenvalue weighted by Gasteiger charge is -2.12. The van der Waals surface area contributed by atoms with E-state index in [1.807, 2.05) is 6.92 Å². The number of phenols is 1. The second kappa shape index (κ2) is 6.65. The summed E-state index contributed by atoms with van der Waals surface area (Å²) >= 11 is 0. The largest absolute Gasteiger partial charge is 0.508 e. The van der Waals surface area contributed by atoms with Crippen LogP contribution in [0.25, 0.3) is 0 Å². The summed E-state index contributed by atoms with van der Waals surface area (Å²) in [5.41, 5.74) is 1.04. The van der Waals surface area contributed by atoms with Crippen LogP contribution in [-0.4, -0.2) is 22.8 Å². The van der Waals surface area contributed by atoms with Crippen LogP contribution in [-0.2, 0) is 6.61 Å². The van der Waals surface area contributed by atoms with Gasteiger partial charge in [0.15, 0.2) is 11.5 Å². The number of carboxylic acid groups (broad SMARTS) is 1. The number of benzene rings is 2. The minimum atomic E-state index is -1.01. The molecule has 0 heterocycles. The molecule has 5 heteroatoms. The molecule has 0 aliphatic carbocycles. The first kappa shape index (κ1) is 14.7. The van der Waals surface area contributed by atoms with Gasteiger partial charge in [-0.05, 0) is 42.8 Å². The first-order valence-corrected chi connectivity index (χ1v) is 6.51. The summed E-state index contributed by atoms with van der Waals surface area (Å²) in [5.74, 6) is 0.0618. The van der Waals surface area contributed by atoms with Gasteiger partial charge in [0, 0.05) is 0 Å². The van der Waals surface area contributed by atoms with Crippen LogP contribution < -0.4 is 9.47 Å². The number of ether oxygens (including phenoxy) is 2. The van der Waals surface area contributed by atoms with Crippen molar-refractivity contribution in [1.82, 2.24) is 0 Å². The Kier molecular flexibility index (Phi) is 4.66. The Morgan fingerprint density at radius 2 is 1.76 bits per heavy atom. The van der Waals surface area contributed by atoms with E-state index < -0.39 is 5.97 Å². The molecule has 0 aliphatic heterocycles. The lowest BCUT2D eigenvalue weighted by Crippen LogP contribution is -2.02. The van der Waals surface area contributed by atoms with Gasteiger partial charge in [0.25, 0.3) is 0 Å². The summed E-state index contributed by atoms with van der Waals surface area (Å²) in [7, 11) is 0. The molecule has 2 aromatic rings. The van der Waals surface area contributed by atoms with E-state index >= 15 is 0 Å². The molecular formula is C16H16O5. The zero-order valence-electron chi connectivity index (χ0n) is 11.6. The molecule has 0 aromatic heterocycles. The highest BCUT2D eigenvalue weighted by Crippen LogP contribution is 2.29. The van der Waals surface area contributed by atoms with Crippen LogP contribution in [0.4, 0.5) is 0 Å². The number of phenolic OH excluding ortho intramolecular Hbond substituents is 1. The van der Waals surface area contributed by atoms with E-state index in [-0.39, 0.29) is 11.3 Å². The highest BCUT2D eigenvalue weighted by molar-refractivity contribution is 5.88. The Morgan fingerprint density at radius 3 is 2.38 bits per heavy atom. The molecule has 0 saturated carbocycles. The molecular weight excluding hydrogens is 272 g/mol. The van der Waals surface area contributed by atoms with Crippen molar-refractivity contribution < 1.29 is 24.5 Å². The number of aromatic hydroxyl groups is 1. The summed E-state index contributed by atoms with van der Waals surface area (Å²) in [6.45, 7) is 2.53. The molecule has 0 unspecified atom stereocenters. The Labute approximate surface area is 122 Å². The number of rotatable bonds is 6. The molecule has 0 atom stereocenters. The van der Waals surface area contributed by atoms with Crippen molar-refractivity contribution in [3.8, 4) is 17.2 Å². The predicted octanol–water partition coefficient (Wildman–Crippen LogP) is 3.07. The van der Waals surface area contributed by atoms with Crippen LogP contribution >= 0.6 is 0 Å². The molecule has 0 radical (unpaired) electrons. The molecule has 2 rings (SSSR count). The quantitative estimate of drug-likeness (QED) is 0.854. The fourth-order valence-electron chi connectivity index (χ4n) is 1.78. The molecule has 0 bridgehead atoms. The van der Waals surface area contributed by atoms with E-state index in [1.165, 1.54) is 12.1 Å². The molecule has 110 valence electrons. The van der Waals surface area contributed by atoms with Gasteiger partial charge in [0.1, 0.15) is 12.4 Å². The lowest BCUT2D eigenvalue weighted by molar-refractivity contribution is 0.0696. The second-order valence-electron chi connectivity index (χ2n) is 4.35. The first-order chi connectivity index (χ1) is 10.1. The van der Waals surface area contributed by atoms with Crippen molar-refractivity contribution in [1.29, 1.82) is 0 Å². The van der Waals surface area contributed by atoms with Gasteiger partial charge in [-0.1, -0.05) is 12.1 Å². The Bertz CT molecular complexity index is 619. The van der Waals surface area contributed by atoms with E-state index in [9.17, 15) is 9.90 Å². The fourth-order valence-corrected chi connectivity index (χ4v) is 1.78. The maximum atomic E-state index is 11.0. The van der Waals surface area contributed by atoms with Crippen molar-refractivity contribution >= 4 is 5.97 Å². The Hall–Kier alpha value is -2.69. The van der Waals surface area contributed by atoms with Gasteiger partial charge in [-0.2, -0.15) is 0 Å². The maximum absolute atomic E-state index is 11.0. The minimum absolute atomic E-state index is 0.149. The van der Waals surface area contributed by atoms with Gasteiger partial charge in [-0.15, -0.1) is 0 Å². The van der Waals surface area contributed by atoms with Gasteiger partial charge < -0.3 is 19.7 Å². The molecule has 0 fully saturated rings. The average molecular weight is 288 g/mol. The molecule has 0 saturated heterocycles. The van der Waals surface area contributed by atoms with Crippen LogP contribution in [0.1, 0.15) is 22.8 Å². The van der Waals surface area contributed by atoms with Crippen LogP contribution in [0.15, 0.2) is 42.5 Å². The number of carbonyl (C=O) groups is 1. The highest BCUT2D eigenvalue weighted by atomic mass is 16.5. The maximum Gasteiger partial charge on any atom is 0.335 e. The van der Waals surface area contributed by atoms with E-state index in [0.717, 1.165) is 5.56 Å². The van der Waals surface area contributed by atoms with Crippen molar-refractivity contribution in [2.45, 2.75) is 13.5 Å². The van der Waals surface area contributed by atoms with E-state index in [4.69, 9.17) is 14.6 Å². The van der Waals surface area contributed by atoms with Crippen LogP contribution in [0.3, 0.4) is 0 Å². The molecule has 0 aliphatic rings. The number of hydrogen-bond acceptors (Lipinski definition) is 4. The second-order valence-corrected chi connectivity index (χ2v) is 4.35. The molecule has 0 spiro atoms. The van der Waals surface area contributed by atoms with Crippen LogP contribution in [0.2, 0.25) is 0 Å². The zero-order chi connectivity index (χ0) is 15.2. The van der Waals surface area contributed by atoms with E-state index in [0.29, 0.717) is 24.7 Å². The first-order valence-electron chi connectivity index (χ1n) is 6.51. The van der Waals surface area contributed by atoms with Crippen molar-refractivity contribution in [2.75, 3.05) is 6.61 Å². The standard InChI is InChI=1S/C16H16O5/c1-2-20-15-9-12(16(18)19)5-8-14(15)21-10-11-3-6-13(17)7-4-11/h3-9,17H,2,10H2,1H3,(H,18,19). The Balaban J connectivity index is 2.14. The average Bonchev–Trinajstić information content (AvgIpc) is 2.47. The van der Waals surface area contributed by atoms with Gasteiger partial charge in [-0.25, -0.2) is 4.79 Å². The predicted molar refractivity (Wildman–Crippen MR) is 77.0 cm³/mol. The summed E-state index contributed by atoms with van der Waals surface area (Å²) in [5, 5.41) is 18.2. The van der Waals surface area contributed by atoms with Gasteiger partial charge in [0.2, 0.25) is 0 Å². The Morgan fingerprint density at radius 1 is 1.05 bits per heavy atom. The third kappa shape index (κ3) is 3.89. The highest BCUT2D eigenvalue weighted by Gasteiger charge is 2.10. The van der Waals surface area contributed by atoms with Crippen molar-refractivity contribution in [3.05, 3.63) is 53.6 Å². The summed E-state index contributed by atoms with van der Waals surface area (Å²) in [4.78, 5) is 11.0. The van der Waals surface area contributed by atoms with Crippen molar-refractivity contribution in [3.63, 3.8) is 0 Å². The van der Waals surface area contributed by atoms with Crippen LogP contribution in [0.5, 0.6) is 17.2 Å². The van der Waals surface area contributed by atoms with Crippen LogP contribution in [0, 0.1) is 0 Å². The SMILES string of the molecule is CCOc1cc(C(=O)O)ccc1OCc1ccc(O)cc1. The monoisotopic (exact) mass is 288 g/mol. The third-order valence-corrected chi connectivity index (χ3v) is 2.82. The smallest absolute Gasteiger partial charge is 0.335 e. The number of hydrogen-bond donors (Lipinski definition) is 2. The van der Waals surface area contributed by atoms with Gasteiger partial charge in [0.05, 0.1) is 12.2 Å². The lowest BCUT2D eigenvalue weighted by atomic mass is 10.2. The zero-order valence-corrected chi connectivity index (χ0v) is 11.6. The summed E-state index contributed by atoms with van der Waals surface area (Å²) < 4.78 is 11.1. The molecule has 21 heavy (non-hydrogen) atoms. The molecule has 2 aromatic carbocycles. The van der Waals surface area contributed by atoms with Gasteiger partial charge >= 0.3 is 5.97 Å². The van der Waals surface area contributed by atoms with E-state index in [2.05, 4.69) is 0 Å². The molecule has 5 nitrogen and oxygen atoms in total. The fraction of sp³-hybridized carbons (Fsp3) is 0.188. The topological polar surface area (TPSA) is 76.0 Å². The molecule has 0 amide bonds.